The average molecular weight is 295 g/mol. The Kier molecular flexibility index (Phi) is 4.49. The second-order valence-electron chi connectivity index (χ2n) is 4.38. The maximum absolute atomic E-state index is 13.9. The predicted octanol–water partition coefficient (Wildman–Crippen LogP) is 3.49. The van der Waals surface area contributed by atoms with E-state index in [1.807, 2.05) is 25.7 Å². The van der Waals surface area contributed by atoms with Gasteiger partial charge in [0.2, 0.25) is 11.2 Å². The van der Waals surface area contributed by atoms with Crippen molar-refractivity contribution in [2.24, 2.45) is 0 Å². The Morgan fingerprint density at radius 2 is 1.85 bits per heavy atom. The third-order valence-electron chi connectivity index (χ3n) is 3.01. The number of hydrogen-bond donors (Lipinski definition) is 0. The first-order valence-electron chi connectivity index (χ1n) is 6.48. The highest BCUT2D eigenvalue weighted by molar-refractivity contribution is 6.28. The summed E-state index contributed by atoms with van der Waals surface area (Å²) in [6, 6.07) is 4.80. The van der Waals surface area contributed by atoms with Crippen molar-refractivity contribution in [3.05, 3.63) is 34.9 Å². The zero-order valence-corrected chi connectivity index (χ0v) is 12.4. The normalized spacial score (nSPS) is 10.7. The lowest BCUT2D eigenvalue weighted by molar-refractivity contribution is 0.629. The van der Waals surface area contributed by atoms with Crippen molar-refractivity contribution in [3.8, 4) is 11.4 Å². The number of rotatable bonds is 4. The molecule has 6 heteroatoms. The molecule has 0 fully saturated rings. The molecule has 0 saturated carbocycles. The minimum atomic E-state index is -0.372. The maximum Gasteiger partial charge on any atom is 0.230 e. The fraction of sp³-hybridized carbons (Fsp3) is 0.357. The minimum absolute atomic E-state index is 0.0674. The Morgan fingerprint density at radius 1 is 1.15 bits per heavy atom. The van der Waals surface area contributed by atoms with Crippen LogP contribution in [0.3, 0.4) is 0 Å². The summed E-state index contributed by atoms with van der Waals surface area (Å²) in [5.41, 5.74) is 1.27. The second kappa shape index (κ2) is 6.13. The van der Waals surface area contributed by atoms with E-state index in [1.165, 1.54) is 6.07 Å². The summed E-state index contributed by atoms with van der Waals surface area (Å²) in [5, 5.41) is 0.0674. The molecule has 0 aliphatic heterocycles. The van der Waals surface area contributed by atoms with Gasteiger partial charge in [-0.15, -0.1) is 0 Å². The van der Waals surface area contributed by atoms with E-state index >= 15 is 0 Å². The summed E-state index contributed by atoms with van der Waals surface area (Å²) in [5.74, 6) is 0.349. The van der Waals surface area contributed by atoms with Gasteiger partial charge in [0.25, 0.3) is 0 Å². The number of halogens is 2. The van der Waals surface area contributed by atoms with Gasteiger partial charge in [0, 0.05) is 13.1 Å². The van der Waals surface area contributed by atoms with Crippen LogP contribution in [0.15, 0.2) is 18.2 Å². The molecule has 0 aliphatic carbocycles. The van der Waals surface area contributed by atoms with E-state index in [2.05, 4.69) is 15.0 Å². The van der Waals surface area contributed by atoms with E-state index in [4.69, 9.17) is 11.6 Å². The smallest absolute Gasteiger partial charge is 0.230 e. The fourth-order valence-corrected chi connectivity index (χ4v) is 2.07. The molecule has 106 valence electrons. The van der Waals surface area contributed by atoms with Crippen LogP contribution in [0, 0.1) is 12.7 Å². The van der Waals surface area contributed by atoms with Crippen molar-refractivity contribution in [2.45, 2.75) is 20.8 Å². The molecule has 1 aromatic carbocycles. The molecule has 0 bridgehead atoms. The highest BCUT2D eigenvalue weighted by atomic mass is 35.5. The summed E-state index contributed by atoms with van der Waals surface area (Å²) in [7, 11) is 0. The lowest BCUT2D eigenvalue weighted by Gasteiger charge is -2.18. The Morgan fingerprint density at radius 3 is 2.50 bits per heavy atom. The van der Waals surface area contributed by atoms with E-state index in [0.29, 0.717) is 11.5 Å². The third kappa shape index (κ3) is 3.04. The summed E-state index contributed by atoms with van der Waals surface area (Å²) < 4.78 is 13.9. The highest BCUT2D eigenvalue weighted by Crippen LogP contribution is 2.23. The summed E-state index contributed by atoms with van der Waals surface area (Å²) in [4.78, 5) is 14.4. The van der Waals surface area contributed by atoms with Crippen LogP contribution >= 0.6 is 11.6 Å². The number of aryl methyl sites for hydroxylation is 1. The molecule has 2 rings (SSSR count). The van der Waals surface area contributed by atoms with Crippen molar-refractivity contribution in [2.75, 3.05) is 18.0 Å². The fourth-order valence-electron chi connectivity index (χ4n) is 1.92. The SMILES string of the molecule is CCN(CC)c1nc(Cl)nc(-c2cc(C)ccc2F)n1. The van der Waals surface area contributed by atoms with Gasteiger partial charge in [0.15, 0.2) is 5.82 Å². The van der Waals surface area contributed by atoms with E-state index in [1.54, 1.807) is 12.1 Å². The van der Waals surface area contributed by atoms with Crippen LogP contribution in [-0.2, 0) is 0 Å². The van der Waals surface area contributed by atoms with Crippen LogP contribution in [0.5, 0.6) is 0 Å². The van der Waals surface area contributed by atoms with Gasteiger partial charge >= 0.3 is 0 Å². The van der Waals surface area contributed by atoms with Crippen molar-refractivity contribution < 1.29 is 4.39 Å². The average Bonchev–Trinajstić information content (AvgIpc) is 2.42. The van der Waals surface area contributed by atoms with E-state index in [0.717, 1.165) is 18.7 Å². The molecule has 20 heavy (non-hydrogen) atoms. The molecule has 0 spiro atoms. The molecule has 0 amide bonds. The minimum Gasteiger partial charge on any atom is -0.341 e. The van der Waals surface area contributed by atoms with Crippen LogP contribution in [0.1, 0.15) is 19.4 Å². The maximum atomic E-state index is 13.9. The first kappa shape index (κ1) is 14.7. The van der Waals surface area contributed by atoms with Crippen molar-refractivity contribution >= 4 is 17.5 Å². The van der Waals surface area contributed by atoms with E-state index < -0.39 is 0 Å². The van der Waals surface area contributed by atoms with Crippen LogP contribution in [0.25, 0.3) is 11.4 Å². The standard InChI is InChI=1S/C14H16ClFN4/c1-4-20(5-2)14-18-12(17-13(15)19-14)10-8-9(3)6-7-11(10)16/h6-8H,4-5H2,1-3H3. The molecule has 0 saturated heterocycles. The molecule has 2 aromatic rings. The van der Waals surface area contributed by atoms with Gasteiger partial charge in [-0.05, 0) is 44.5 Å². The van der Waals surface area contributed by atoms with Gasteiger partial charge in [-0.25, -0.2) is 4.39 Å². The molecule has 1 heterocycles. The Labute approximate surface area is 122 Å². The molecule has 1 aromatic heterocycles. The molecule has 0 unspecified atom stereocenters. The Bertz CT molecular complexity index is 614. The van der Waals surface area contributed by atoms with Crippen molar-refractivity contribution in [3.63, 3.8) is 0 Å². The molecule has 0 radical (unpaired) electrons. The number of hydrogen-bond acceptors (Lipinski definition) is 4. The quantitative estimate of drug-likeness (QED) is 0.866. The lowest BCUT2D eigenvalue weighted by atomic mass is 10.1. The largest absolute Gasteiger partial charge is 0.341 e. The molecular weight excluding hydrogens is 279 g/mol. The van der Waals surface area contributed by atoms with Gasteiger partial charge in [0.05, 0.1) is 5.56 Å². The molecular formula is C14H16ClFN4. The molecule has 0 atom stereocenters. The van der Waals surface area contributed by atoms with E-state index in [-0.39, 0.29) is 16.9 Å². The zero-order valence-electron chi connectivity index (χ0n) is 11.7. The van der Waals surface area contributed by atoms with Crippen LogP contribution in [0.2, 0.25) is 5.28 Å². The zero-order chi connectivity index (χ0) is 14.7. The summed E-state index contributed by atoms with van der Waals surface area (Å²) >= 11 is 5.94. The first-order valence-corrected chi connectivity index (χ1v) is 6.86. The van der Waals surface area contributed by atoms with Gasteiger partial charge in [-0.3, -0.25) is 0 Å². The van der Waals surface area contributed by atoms with Gasteiger partial charge < -0.3 is 4.90 Å². The first-order chi connectivity index (χ1) is 9.55. The Hall–Kier alpha value is -1.75. The number of nitrogens with zero attached hydrogens (tertiary/aromatic N) is 4. The molecule has 4 nitrogen and oxygen atoms in total. The number of aromatic nitrogens is 3. The summed E-state index contributed by atoms with van der Waals surface area (Å²) in [6.07, 6.45) is 0. The topological polar surface area (TPSA) is 41.9 Å². The number of benzene rings is 1. The van der Waals surface area contributed by atoms with Gasteiger partial charge in [-0.2, -0.15) is 15.0 Å². The molecule has 0 N–H and O–H groups in total. The Balaban J connectivity index is 2.54. The van der Waals surface area contributed by atoms with Gasteiger partial charge in [-0.1, -0.05) is 11.6 Å². The van der Waals surface area contributed by atoms with Crippen molar-refractivity contribution in [1.82, 2.24) is 15.0 Å². The molecule has 0 aliphatic rings. The monoisotopic (exact) mass is 294 g/mol. The van der Waals surface area contributed by atoms with Crippen LogP contribution in [-0.4, -0.2) is 28.0 Å². The third-order valence-corrected chi connectivity index (χ3v) is 3.17. The number of anilines is 1. The van der Waals surface area contributed by atoms with Crippen LogP contribution in [0.4, 0.5) is 10.3 Å². The lowest BCUT2D eigenvalue weighted by Crippen LogP contribution is -2.24. The predicted molar refractivity (Wildman–Crippen MR) is 78.5 cm³/mol. The highest BCUT2D eigenvalue weighted by Gasteiger charge is 2.14. The van der Waals surface area contributed by atoms with Crippen LogP contribution < -0.4 is 4.90 Å². The van der Waals surface area contributed by atoms with E-state index in [9.17, 15) is 4.39 Å². The van der Waals surface area contributed by atoms with Gasteiger partial charge in [0.1, 0.15) is 5.82 Å². The summed E-state index contributed by atoms with van der Waals surface area (Å²) in [6.45, 7) is 7.36. The van der Waals surface area contributed by atoms with Crippen molar-refractivity contribution in [1.29, 1.82) is 0 Å². The second-order valence-corrected chi connectivity index (χ2v) is 4.72.